The minimum Gasteiger partial charge on any atom is -0.354 e. The molecule has 1 fully saturated rings. The van der Waals surface area contributed by atoms with E-state index >= 15 is 0 Å². The van der Waals surface area contributed by atoms with Crippen molar-refractivity contribution < 1.29 is 12.8 Å². The highest BCUT2D eigenvalue weighted by molar-refractivity contribution is 7.89. The number of nitrogens with zero attached hydrogens (tertiary/aromatic N) is 4. The molecule has 8 heteroatoms. The number of hydrogen-bond acceptors (Lipinski definition) is 5. The molecule has 4 rings (SSSR count). The van der Waals surface area contributed by atoms with Crippen LogP contribution in [0.1, 0.15) is 19.4 Å². The second-order valence-corrected chi connectivity index (χ2v) is 10.3. The van der Waals surface area contributed by atoms with Crippen LogP contribution in [0.4, 0.5) is 10.2 Å². The number of piperazine rings is 1. The summed E-state index contributed by atoms with van der Waals surface area (Å²) in [6.07, 6.45) is 2.41. The van der Waals surface area contributed by atoms with Crippen molar-refractivity contribution in [3.63, 3.8) is 0 Å². The molecular formula is C24H27FN4O2S. The summed E-state index contributed by atoms with van der Waals surface area (Å²) < 4.78 is 40.9. The molecule has 1 aliphatic heterocycles. The Morgan fingerprint density at radius 2 is 1.59 bits per heavy atom. The van der Waals surface area contributed by atoms with Crippen molar-refractivity contribution in [3.8, 4) is 11.3 Å². The van der Waals surface area contributed by atoms with E-state index in [-0.39, 0.29) is 5.82 Å². The van der Waals surface area contributed by atoms with Crippen LogP contribution < -0.4 is 4.90 Å². The van der Waals surface area contributed by atoms with Gasteiger partial charge >= 0.3 is 0 Å². The Hall–Kier alpha value is -2.84. The molecule has 0 spiro atoms. The summed E-state index contributed by atoms with van der Waals surface area (Å²) >= 11 is 0. The van der Waals surface area contributed by atoms with Crippen LogP contribution in [-0.4, -0.2) is 48.9 Å². The van der Waals surface area contributed by atoms with E-state index in [9.17, 15) is 12.8 Å². The van der Waals surface area contributed by atoms with E-state index in [4.69, 9.17) is 0 Å². The van der Waals surface area contributed by atoms with Gasteiger partial charge in [-0.2, -0.15) is 4.31 Å². The minimum atomic E-state index is -3.53. The number of benzene rings is 2. The van der Waals surface area contributed by atoms with Crippen LogP contribution in [-0.2, 0) is 16.4 Å². The second kappa shape index (κ2) is 9.34. The number of aromatic nitrogens is 2. The maximum atomic E-state index is 13.2. The van der Waals surface area contributed by atoms with Crippen molar-refractivity contribution in [2.24, 2.45) is 5.92 Å². The van der Waals surface area contributed by atoms with E-state index in [1.807, 2.05) is 23.1 Å². The van der Waals surface area contributed by atoms with E-state index in [1.54, 1.807) is 24.3 Å². The molecule has 0 aliphatic carbocycles. The zero-order valence-electron chi connectivity index (χ0n) is 18.3. The van der Waals surface area contributed by atoms with Crippen molar-refractivity contribution in [2.45, 2.75) is 25.2 Å². The monoisotopic (exact) mass is 454 g/mol. The SMILES string of the molecule is CC(C)Cc1ccc(S(=O)(=O)N2CCN(c3cc(-c4ccc(F)cc4)ncn3)CC2)cc1. The van der Waals surface area contributed by atoms with E-state index in [0.717, 1.165) is 23.4 Å². The van der Waals surface area contributed by atoms with E-state index in [2.05, 4.69) is 23.8 Å². The molecule has 2 heterocycles. The van der Waals surface area contributed by atoms with Gasteiger partial charge < -0.3 is 4.90 Å². The average molecular weight is 455 g/mol. The Bertz CT molecular complexity index is 1160. The first-order valence-corrected chi connectivity index (χ1v) is 12.2. The van der Waals surface area contributed by atoms with Gasteiger partial charge in [0.25, 0.3) is 0 Å². The smallest absolute Gasteiger partial charge is 0.243 e. The van der Waals surface area contributed by atoms with Gasteiger partial charge in [-0.05, 0) is 54.3 Å². The first-order chi connectivity index (χ1) is 15.3. The van der Waals surface area contributed by atoms with E-state index < -0.39 is 10.0 Å². The summed E-state index contributed by atoms with van der Waals surface area (Å²) in [4.78, 5) is 11.0. The van der Waals surface area contributed by atoms with Gasteiger partial charge in [-0.1, -0.05) is 26.0 Å². The van der Waals surface area contributed by atoms with Gasteiger partial charge in [0.05, 0.1) is 10.6 Å². The average Bonchev–Trinajstić information content (AvgIpc) is 2.80. The maximum absolute atomic E-state index is 13.2. The quantitative estimate of drug-likeness (QED) is 0.563. The largest absolute Gasteiger partial charge is 0.354 e. The highest BCUT2D eigenvalue weighted by atomic mass is 32.2. The lowest BCUT2D eigenvalue weighted by molar-refractivity contribution is 0.384. The molecule has 0 bridgehead atoms. The van der Waals surface area contributed by atoms with Gasteiger partial charge in [-0.25, -0.2) is 22.8 Å². The molecule has 1 aromatic heterocycles. The van der Waals surface area contributed by atoms with Crippen molar-refractivity contribution in [2.75, 3.05) is 31.1 Å². The number of rotatable bonds is 6. The minimum absolute atomic E-state index is 0.296. The zero-order valence-corrected chi connectivity index (χ0v) is 19.1. The van der Waals surface area contributed by atoms with E-state index in [1.165, 1.54) is 22.8 Å². The van der Waals surface area contributed by atoms with Crippen LogP contribution in [0.15, 0.2) is 65.8 Å². The lowest BCUT2D eigenvalue weighted by Gasteiger charge is -2.34. The molecule has 168 valence electrons. The lowest BCUT2D eigenvalue weighted by Crippen LogP contribution is -2.48. The first-order valence-electron chi connectivity index (χ1n) is 10.7. The van der Waals surface area contributed by atoms with Crippen molar-refractivity contribution in [3.05, 3.63) is 72.3 Å². The van der Waals surface area contributed by atoms with Gasteiger partial charge in [-0.3, -0.25) is 0 Å². The number of hydrogen-bond donors (Lipinski definition) is 0. The number of halogens is 1. The molecule has 1 aliphatic rings. The van der Waals surface area contributed by atoms with Crippen LogP contribution in [0.25, 0.3) is 11.3 Å². The molecule has 1 saturated heterocycles. The van der Waals surface area contributed by atoms with Gasteiger partial charge in [0.15, 0.2) is 0 Å². The number of sulfonamides is 1. The molecule has 3 aromatic rings. The molecule has 2 aromatic carbocycles. The van der Waals surface area contributed by atoms with Gasteiger partial charge in [0.1, 0.15) is 18.0 Å². The first kappa shape index (κ1) is 22.4. The van der Waals surface area contributed by atoms with Gasteiger partial charge in [0.2, 0.25) is 10.0 Å². The third-order valence-electron chi connectivity index (χ3n) is 5.56. The molecule has 0 saturated carbocycles. The summed E-state index contributed by atoms with van der Waals surface area (Å²) in [6.45, 7) is 6.11. The normalized spacial score (nSPS) is 15.3. The fourth-order valence-corrected chi connectivity index (χ4v) is 5.30. The molecule has 0 atom stereocenters. The van der Waals surface area contributed by atoms with Crippen LogP contribution in [0.2, 0.25) is 0 Å². The summed E-state index contributed by atoms with van der Waals surface area (Å²) in [7, 11) is -3.53. The van der Waals surface area contributed by atoms with Crippen molar-refractivity contribution in [1.82, 2.24) is 14.3 Å². The third kappa shape index (κ3) is 4.97. The van der Waals surface area contributed by atoms with Crippen molar-refractivity contribution >= 4 is 15.8 Å². The Labute approximate surface area is 188 Å². The standard InChI is InChI=1S/C24H27FN4O2S/c1-18(2)15-19-3-9-22(10-4-19)32(30,31)29-13-11-28(12-14-29)24-16-23(26-17-27-24)20-5-7-21(25)8-6-20/h3-10,16-18H,11-15H2,1-2H3. The highest BCUT2D eigenvalue weighted by Crippen LogP contribution is 2.24. The second-order valence-electron chi connectivity index (χ2n) is 8.40. The van der Waals surface area contributed by atoms with Crippen molar-refractivity contribution in [1.29, 1.82) is 0 Å². The Morgan fingerprint density at radius 1 is 0.938 bits per heavy atom. The number of anilines is 1. The molecule has 0 N–H and O–H groups in total. The summed E-state index contributed by atoms with van der Waals surface area (Å²) in [5.74, 6) is 0.959. The zero-order chi connectivity index (χ0) is 22.7. The molecule has 0 amide bonds. The maximum Gasteiger partial charge on any atom is 0.243 e. The predicted octanol–water partition coefficient (Wildman–Crippen LogP) is 3.99. The molecular weight excluding hydrogens is 427 g/mol. The van der Waals surface area contributed by atoms with Crippen LogP contribution in [0.5, 0.6) is 0 Å². The topological polar surface area (TPSA) is 66.4 Å². The third-order valence-corrected chi connectivity index (χ3v) is 7.47. The summed E-state index contributed by atoms with van der Waals surface area (Å²) in [6, 6.07) is 15.2. The highest BCUT2D eigenvalue weighted by Gasteiger charge is 2.29. The van der Waals surface area contributed by atoms with E-state index in [0.29, 0.717) is 42.7 Å². The summed E-state index contributed by atoms with van der Waals surface area (Å²) in [5, 5.41) is 0. The Balaban J connectivity index is 1.44. The Morgan fingerprint density at radius 3 is 2.22 bits per heavy atom. The predicted molar refractivity (Wildman–Crippen MR) is 123 cm³/mol. The summed E-state index contributed by atoms with van der Waals surface area (Å²) in [5.41, 5.74) is 2.65. The lowest BCUT2D eigenvalue weighted by atomic mass is 10.0. The van der Waals surface area contributed by atoms with Crippen LogP contribution in [0.3, 0.4) is 0 Å². The molecule has 6 nitrogen and oxygen atoms in total. The Kier molecular flexibility index (Phi) is 6.53. The fourth-order valence-electron chi connectivity index (χ4n) is 3.87. The van der Waals surface area contributed by atoms with Crippen LogP contribution >= 0.6 is 0 Å². The van der Waals surface area contributed by atoms with Gasteiger partial charge in [0, 0.05) is 37.8 Å². The molecule has 32 heavy (non-hydrogen) atoms. The molecule has 0 radical (unpaired) electrons. The van der Waals surface area contributed by atoms with Gasteiger partial charge in [-0.15, -0.1) is 0 Å². The fraction of sp³-hybridized carbons (Fsp3) is 0.333. The molecule has 0 unspecified atom stereocenters. The van der Waals surface area contributed by atoms with Crippen LogP contribution in [0, 0.1) is 11.7 Å².